The number of alkyl halides is 5. The van der Waals surface area contributed by atoms with E-state index in [0.29, 0.717) is 28.3 Å². The molecule has 9 nitrogen and oxygen atoms in total. The Hall–Kier alpha value is -3.84. The van der Waals surface area contributed by atoms with Crippen molar-refractivity contribution >= 4 is 17.5 Å². The molecule has 3 aromatic rings. The molecule has 0 unspecified atom stereocenters. The van der Waals surface area contributed by atoms with Crippen LogP contribution in [0.4, 0.5) is 22.0 Å². The molecule has 3 aromatic heterocycles. The summed E-state index contributed by atoms with van der Waals surface area (Å²) in [5.41, 5.74) is 7.61. The predicted octanol–water partition coefficient (Wildman–Crippen LogP) is 5.88. The molecule has 2 aliphatic rings. The third kappa shape index (κ3) is 7.62. The summed E-state index contributed by atoms with van der Waals surface area (Å²) in [5.74, 6) is -4.81. The first-order valence-electron chi connectivity index (χ1n) is 14.7. The number of fused-ring (bicyclic) bond motifs is 1. The number of hydrogen-bond donors (Lipinski definition) is 2. The molecule has 3 N–H and O–H groups in total. The number of nitrogens with zero attached hydrogens (tertiary/aromatic N) is 4. The molecule has 0 saturated heterocycles. The van der Waals surface area contributed by atoms with E-state index in [0.717, 1.165) is 12.8 Å². The van der Waals surface area contributed by atoms with Crippen molar-refractivity contribution in [3.63, 3.8) is 0 Å². The van der Waals surface area contributed by atoms with Gasteiger partial charge in [-0.15, -0.1) is 0 Å². The molecule has 3 heterocycles. The fourth-order valence-corrected chi connectivity index (χ4v) is 5.87. The highest BCUT2D eigenvalue weighted by molar-refractivity contribution is 5.94. The summed E-state index contributed by atoms with van der Waals surface area (Å²) in [5, 5.41) is 7.17. The van der Waals surface area contributed by atoms with Crippen molar-refractivity contribution in [2.45, 2.75) is 95.4 Å². The number of carbonyl (C=O) groups is 2. The van der Waals surface area contributed by atoms with Crippen LogP contribution in [0, 0.1) is 11.8 Å². The third-order valence-corrected chi connectivity index (χ3v) is 8.14. The number of hydrogen-bond acceptors (Lipinski definition) is 6. The molecular weight excluding hydrogens is 587 g/mol. The summed E-state index contributed by atoms with van der Waals surface area (Å²) >= 11 is 0. The molecule has 2 fully saturated rings. The van der Waals surface area contributed by atoms with Gasteiger partial charge < -0.3 is 15.8 Å². The Morgan fingerprint density at radius 3 is 2.43 bits per heavy atom. The first kappa shape index (κ1) is 31.6. The van der Waals surface area contributed by atoms with Crippen LogP contribution in [0.2, 0.25) is 0 Å². The van der Waals surface area contributed by atoms with Crippen LogP contribution in [0.5, 0.6) is 5.75 Å². The highest BCUT2D eigenvalue weighted by atomic mass is 19.4. The molecule has 0 bridgehead atoms. The Bertz CT molecular complexity index is 1510. The quantitative estimate of drug-likeness (QED) is 0.258. The molecule has 5 rings (SSSR count). The molecule has 238 valence electrons. The largest absolute Gasteiger partial charge is 0.489 e. The fraction of sp³-hybridized carbons (Fsp3) is 0.567. The average molecular weight is 623 g/mol. The number of aromatic nitrogens is 4. The fourth-order valence-electron chi connectivity index (χ4n) is 5.87. The van der Waals surface area contributed by atoms with Crippen molar-refractivity contribution in [2.75, 3.05) is 0 Å². The number of primary amides is 1. The predicted molar refractivity (Wildman–Crippen MR) is 149 cm³/mol. The van der Waals surface area contributed by atoms with Crippen LogP contribution in [0.1, 0.15) is 104 Å². The molecule has 2 amide bonds. The van der Waals surface area contributed by atoms with Crippen molar-refractivity contribution in [3.8, 4) is 5.75 Å². The number of ether oxygens (including phenoxy) is 1. The summed E-state index contributed by atoms with van der Waals surface area (Å²) in [6, 6.07) is 2.68. The molecule has 14 heteroatoms. The van der Waals surface area contributed by atoms with Gasteiger partial charge in [0.1, 0.15) is 5.75 Å². The Morgan fingerprint density at radius 1 is 1.11 bits per heavy atom. The topological polar surface area (TPSA) is 124 Å². The lowest BCUT2D eigenvalue weighted by atomic mass is 9.75. The molecule has 44 heavy (non-hydrogen) atoms. The Balaban J connectivity index is 1.50. The second kappa shape index (κ2) is 12.3. The highest BCUT2D eigenvalue weighted by Gasteiger charge is 2.41. The van der Waals surface area contributed by atoms with Gasteiger partial charge in [-0.25, -0.2) is 18.3 Å². The number of imidazole rings is 1. The maximum atomic E-state index is 14.2. The molecule has 2 saturated carbocycles. The van der Waals surface area contributed by atoms with Crippen LogP contribution < -0.4 is 15.8 Å². The van der Waals surface area contributed by atoms with Crippen molar-refractivity contribution in [3.05, 3.63) is 53.2 Å². The molecule has 2 atom stereocenters. The second-order valence-electron chi connectivity index (χ2n) is 12.1. The number of nitrogens with two attached hydrogens (primary N) is 1. The summed E-state index contributed by atoms with van der Waals surface area (Å²) < 4.78 is 73.5. The van der Waals surface area contributed by atoms with E-state index in [9.17, 15) is 31.5 Å². The zero-order valence-corrected chi connectivity index (χ0v) is 24.4. The van der Waals surface area contributed by atoms with Crippen molar-refractivity contribution in [1.82, 2.24) is 24.9 Å². The van der Waals surface area contributed by atoms with Gasteiger partial charge in [0.2, 0.25) is 11.8 Å². The maximum Gasteiger partial charge on any atom is 0.389 e. The van der Waals surface area contributed by atoms with Crippen LogP contribution in [-0.2, 0) is 4.79 Å². The van der Waals surface area contributed by atoms with E-state index in [1.54, 1.807) is 12.3 Å². The first-order chi connectivity index (χ1) is 20.7. The van der Waals surface area contributed by atoms with E-state index in [2.05, 4.69) is 15.4 Å². The van der Waals surface area contributed by atoms with E-state index >= 15 is 0 Å². The minimum absolute atomic E-state index is 0.0640. The Kier molecular flexibility index (Phi) is 8.81. The SMILES string of the molecule is CC(C)Oc1cnc([C@@H](c2cn3ncc([C@H](NC(=O)CCC(F)(F)F)C4CC4)cc3n2)C2CCC(F)(F)CC2)c(C(N)=O)c1. The number of rotatable bonds is 11. The zero-order chi connectivity index (χ0) is 31.8. The number of pyridine rings is 1. The van der Waals surface area contributed by atoms with Gasteiger partial charge >= 0.3 is 6.18 Å². The van der Waals surface area contributed by atoms with Gasteiger partial charge in [-0.1, -0.05) is 0 Å². The standard InChI is InChI=1S/C30H35F5N6O3/c1-16(2)44-20-12-21(28(36)43)27(37-14-20)25(17-5-8-29(31,32)9-6-17)22-15-41-23(39-22)11-19(13-38-41)26(18-3-4-18)40-24(42)7-10-30(33,34)35/h11-18,25-26H,3-10H2,1-2H3,(H2,36,43)(H,40,42)/t25-,26-/m1/s1. The molecule has 0 aliphatic heterocycles. The van der Waals surface area contributed by atoms with E-state index in [4.69, 9.17) is 15.5 Å². The monoisotopic (exact) mass is 622 g/mol. The second-order valence-corrected chi connectivity index (χ2v) is 12.1. The minimum atomic E-state index is -4.44. The van der Waals surface area contributed by atoms with Crippen LogP contribution in [0.15, 0.2) is 30.7 Å². The van der Waals surface area contributed by atoms with Gasteiger partial charge in [-0.3, -0.25) is 14.6 Å². The van der Waals surface area contributed by atoms with E-state index < -0.39 is 48.7 Å². The smallest absolute Gasteiger partial charge is 0.389 e. The van der Waals surface area contributed by atoms with Crippen molar-refractivity contribution in [2.24, 2.45) is 17.6 Å². The van der Waals surface area contributed by atoms with Gasteiger partial charge in [-0.05, 0) is 69.1 Å². The maximum absolute atomic E-state index is 14.2. The van der Waals surface area contributed by atoms with Crippen LogP contribution >= 0.6 is 0 Å². The summed E-state index contributed by atoms with van der Waals surface area (Å²) in [6.45, 7) is 3.64. The summed E-state index contributed by atoms with van der Waals surface area (Å²) in [4.78, 5) is 34.3. The lowest BCUT2D eigenvalue weighted by Gasteiger charge is -2.33. The summed E-state index contributed by atoms with van der Waals surface area (Å²) in [6.07, 6.45) is -0.536. The first-order valence-corrected chi connectivity index (χ1v) is 14.7. The number of carbonyl (C=O) groups excluding carboxylic acids is 2. The molecule has 2 aliphatic carbocycles. The van der Waals surface area contributed by atoms with E-state index in [-0.39, 0.29) is 49.2 Å². The number of halogens is 5. The molecule has 0 radical (unpaired) electrons. The number of amides is 2. The van der Waals surface area contributed by atoms with Crippen LogP contribution in [-0.4, -0.2) is 49.6 Å². The Labute approximate surface area is 250 Å². The summed E-state index contributed by atoms with van der Waals surface area (Å²) in [7, 11) is 0. The van der Waals surface area contributed by atoms with Gasteiger partial charge in [0, 0.05) is 25.2 Å². The molecule has 0 aromatic carbocycles. The molecular formula is C30H35F5N6O3. The third-order valence-electron chi connectivity index (χ3n) is 8.14. The zero-order valence-electron chi connectivity index (χ0n) is 24.4. The average Bonchev–Trinajstić information content (AvgIpc) is 3.69. The number of nitrogens with one attached hydrogen (secondary N) is 1. The van der Waals surface area contributed by atoms with Gasteiger partial charge in [-0.2, -0.15) is 18.3 Å². The van der Waals surface area contributed by atoms with Crippen molar-refractivity contribution in [1.29, 1.82) is 0 Å². The van der Waals surface area contributed by atoms with Crippen LogP contribution in [0.25, 0.3) is 5.65 Å². The van der Waals surface area contributed by atoms with Gasteiger partial charge in [0.25, 0.3) is 5.91 Å². The molecule has 0 spiro atoms. The van der Waals surface area contributed by atoms with Crippen LogP contribution in [0.3, 0.4) is 0 Å². The van der Waals surface area contributed by atoms with Gasteiger partial charge in [0.05, 0.1) is 54.1 Å². The van der Waals surface area contributed by atoms with Gasteiger partial charge in [0.15, 0.2) is 5.65 Å². The highest BCUT2D eigenvalue weighted by Crippen LogP contribution is 2.46. The normalized spacial score (nSPS) is 18.7. The lowest BCUT2D eigenvalue weighted by Crippen LogP contribution is -2.30. The van der Waals surface area contributed by atoms with E-state index in [1.807, 2.05) is 13.8 Å². The lowest BCUT2D eigenvalue weighted by molar-refractivity contribution is -0.144. The minimum Gasteiger partial charge on any atom is -0.489 e. The van der Waals surface area contributed by atoms with Crippen molar-refractivity contribution < 1.29 is 36.3 Å². The van der Waals surface area contributed by atoms with E-state index in [1.165, 1.54) is 23.0 Å². The Morgan fingerprint density at radius 2 is 1.82 bits per heavy atom.